The lowest BCUT2D eigenvalue weighted by molar-refractivity contribution is -0.142. The molecular formula is C27H28N2O7. The number of carbonyl (C=O) groups is 4. The number of nitrogens with one attached hydrogen (secondary N) is 2. The van der Waals surface area contributed by atoms with Crippen LogP contribution in [0.4, 0.5) is 4.79 Å². The number of hydrogen-bond acceptors (Lipinski definition) is 6. The molecule has 0 saturated carbocycles. The Hall–Kier alpha value is -4.76. The molecule has 188 valence electrons. The Bertz CT molecular complexity index is 1150. The predicted octanol–water partition coefficient (Wildman–Crippen LogP) is 2.83. The van der Waals surface area contributed by atoms with Gasteiger partial charge in [0.05, 0.1) is 19.2 Å². The van der Waals surface area contributed by atoms with Crippen LogP contribution < -0.4 is 10.6 Å². The average Bonchev–Trinajstić information content (AvgIpc) is 2.85. The number of rotatable bonds is 6. The molecule has 3 N–H and O–H groups in total. The molecule has 1 atom stereocenters. The molecule has 0 bridgehead atoms. The van der Waals surface area contributed by atoms with E-state index < -0.39 is 35.6 Å². The molecule has 0 aromatic heterocycles. The fourth-order valence-corrected chi connectivity index (χ4v) is 2.50. The van der Waals surface area contributed by atoms with E-state index in [4.69, 9.17) is 22.7 Å². The third-order valence-corrected chi connectivity index (χ3v) is 4.25. The fraction of sp³-hybridized carbons (Fsp3) is 0.259. The molecule has 2 rings (SSSR count). The first-order valence-corrected chi connectivity index (χ1v) is 10.6. The van der Waals surface area contributed by atoms with E-state index in [-0.39, 0.29) is 12.1 Å². The van der Waals surface area contributed by atoms with Gasteiger partial charge in [0.1, 0.15) is 11.6 Å². The van der Waals surface area contributed by atoms with E-state index in [9.17, 15) is 19.2 Å². The molecule has 0 radical (unpaired) electrons. The third kappa shape index (κ3) is 10.4. The van der Waals surface area contributed by atoms with Gasteiger partial charge in [0.25, 0.3) is 5.91 Å². The highest BCUT2D eigenvalue weighted by Crippen LogP contribution is 2.07. The lowest BCUT2D eigenvalue weighted by Gasteiger charge is -2.21. The van der Waals surface area contributed by atoms with Crippen LogP contribution in [0.15, 0.2) is 48.5 Å². The Balaban J connectivity index is 0.000000488. The normalized spacial score (nSPS) is 10.7. The fourth-order valence-electron chi connectivity index (χ4n) is 2.50. The van der Waals surface area contributed by atoms with E-state index in [2.05, 4.69) is 27.2 Å². The Morgan fingerprint density at radius 3 is 1.78 bits per heavy atom. The van der Waals surface area contributed by atoms with Crippen molar-refractivity contribution in [3.8, 4) is 24.7 Å². The first-order chi connectivity index (χ1) is 16.9. The SMILES string of the molecule is C#Cc1ccc(C(=O)N[C@@H](CNC(=O)OC(C)(C)C)C(=O)OC)cc1.C#Cc1ccc(C(=O)O)cc1. The van der Waals surface area contributed by atoms with Crippen molar-refractivity contribution < 1.29 is 33.8 Å². The van der Waals surface area contributed by atoms with E-state index in [1.54, 1.807) is 57.2 Å². The molecule has 0 fully saturated rings. The second kappa shape index (κ2) is 13.8. The molecule has 2 amide bonds. The first-order valence-electron chi connectivity index (χ1n) is 10.6. The Morgan fingerprint density at radius 2 is 1.39 bits per heavy atom. The summed E-state index contributed by atoms with van der Waals surface area (Å²) < 4.78 is 9.73. The van der Waals surface area contributed by atoms with Crippen LogP contribution in [-0.2, 0) is 14.3 Å². The highest BCUT2D eigenvalue weighted by molar-refractivity contribution is 5.97. The van der Waals surface area contributed by atoms with E-state index in [1.165, 1.54) is 19.2 Å². The molecule has 0 saturated heterocycles. The number of aromatic carboxylic acids is 1. The van der Waals surface area contributed by atoms with E-state index >= 15 is 0 Å². The van der Waals surface area contributed by atoms with Crippen LogP contribution in [0.5, 0.6) is 0 Å². The Labute approximate surface area is 210 Å². The summed E-state index contributed by atoms with van der Waals surface area (Å²) in [6.07, 6.45) is 9.64. The molecule has 0 heterocycles. The molecule has 0 unspecified atom stereocenters. The van der Waals surface area contributed by atoms with Crippen molar-refractivity contribution in [1.82, 2.24) is 10.6 Å². The van der Waals surface area contributed by atoms with Gasteiger partial charge < -0.3 is 25.2 Å². The van der Waals surface area contributed by atoms with E-state index in [0.29, 0.717) is 16.7 Å². The average molecular weight is 493 g/mol. The van der Waals surface area contributed by atoms with Crippen LogP contribution in [0.3, 0.4) is 0 Å². The van der Waals surface area contributed by atoms with Crippen molar-refractivity contribution in [2.45, 2.75) is 32.4 Å². The molecule has 2 aromatic carbocycles. The van der Waals surface area contributed by atoms with Gasteiger partial charge in [-0.05, 0) is 69.3 Å². The van der Waals surface area contributed by atoms with Gasteiger partial charge in [-0.15, -0.1) is 12.8 Å². The van der Waals surface area contributed by atoms with Crippen molar-refractivity contribution in [3.63, 3.8) is 0 Å². The van der Waals surface area contributed by atoms with Crippen LogP contribution in [0.2, 0.25) is 0 Å². The number of carbonyl (C=O) groups excluding carboxylic acids is 3. The van der Waals surface area contributed by atoms with Crippen LogP contribution in [0.1, 0.15) is 52.6 Å². The minimum absolute atomic E-state index is 0.171. The largest absolute Gasteiger partial charge is 0.478 e. The highest BCUT2D eigenvalue weighted by Gasteiger charge is 2.24. The number of hydrogen-bond donors (Lipinski definition) is 3. The van der Waals surface area contributed by atoms with E-state index in [0.717, 1.165) is 0 Å². The number of alkyl carbamates (subject to hydrolysis) is 1. The van der Waals surface area contributed by atoms with Gasteiger partial charge in [0.2, 0.25) is 0 Å². The maximum absolute atomic E-state index is 12.2. The number of terminal acetylenes is 2. The second-order valence-corrected chi connectivity index (χ2v) is 8.18. The standard InChI is InChI=1S/C18H22N2O5.C9H6O2/c1-6-12-7-9-13(10-8-12)15(21)20-14(16(22)24-5)11-19-17(23)25-18(2,3)4;1-2-7-3-5-8(6-4-7)9(10)11/h1,7-10,14H,11H2,2-5H3,(H,19,23)(H,20,21);1,3-6H,(H,10,11)/t14-;/m0./s1. The monoisotopic (exact) mass is 492 g/mol. The number of esters is 1. The minimum Gasteiger partial charge on any atom is -0.478 e. The summed E-state index contributed by atoms with van der Waals surface area (Å²) in [6.45, 7) is 4.97. The van der Waals surface area contributed by atoms with Crippen molar-refractivity contribution in [3.05, 3.63) is 70.8 Å². The van der Waals surface area contributed by atoms with Crippen LogP contribution in [0, 0.1) is 24.7 Å². The maximum Gasteiger partial charge on any atom is 0.407 e. The van der Waals surface area contributed by atoms with Gasteiger partial charge in [-0.2, -0.15) is 0 Å². The Morgan fingerprint density at radius 1 is 0.917 bits per heavy atom. The summed E-state index contributed by atoms with van der Waals surface area (Å²) in [4.78, 5) is 46.1. The van der Waals surface area contributed by atoms with Crippen molar-refractivity contribution in [1.29, 1.82) is 0 Å². The number of ether oxygens (including phenoxy) is 2. The van der Waals surface area contributed by atoms with Crippen LogP contribution in [-0.4, -0.2) is 54.3 Å². The highest BCUT2D eigenvalue weighted by atomic mass is 16.6. The molecule has 0 aliphatic carbocycles. The summed E-state index contributed by atoms with van der Waals surface area (Å²) in [6, 6.07) is 11.4. The zero-order valence-electron chi connectivity index (χ0n) is 20.5. The van der Waals surface area contributed by atoms with Crippen molar-refractivity contribution in [2.75, 3.05) is 13.7 Å². The van der Waals surface area contributed by atoms with Gasteiger partial charge in [0, 0.05) is 16.7 Å². The van der Waals surface area contributed by atoms with Crippen LogP contribution >= 0.6 is 0 Å². The van der Waals surface area contributed by atoms with Crippen molar-refractivity contribution in [2.24, 2.45) is 0 Å². The lowest BCUT2D eigenvalue weighted by atomic mass is 10.1. The minimum atomic E-state index is -1.06. The zero-order valence-corrected chi connectivity index (χ0v) is 20.5. The number of benzene rings is 2. The number of carboxylic acids is 1. The lowest BCUT2D eigenvalue weighted by Crippen LogP contribution is -2.49. The predicted molar refractivity (Wildman–Crippen MR) is 133 cm³/mol. The van der Waals surface area contributed by atoms with Gasteiger partial charge in [-0.1, -0.05) is 11.8 Å². The van der Waals surface area contributed by atoms with Gasteiger partial charge in [-0.3, -0.25) is 4.79 Å². The maximum atomic E-state index is 12.2. The topological polar surface area (TPSA) is 131 Å². The van der Waals surface area contributed by atoms with Gasteiger partial charge in [-0.25, -0.2) is 14.4 Å². The molecule has 9 nitrogen and oxygen atoms in total. The molecule has 0 spiro atoms. The zero-order chi connectivity index (χ0) is 27.3. The quantitative estimate of drug-likeness (QED) is 0.417. The van der Waals surface area contributed by atoms with Gasteiger partial charge >= 0.3 is 18.0 Å². The first kappa shape index (κ1) is 29.3. The number of carboxylic acid groups (broad SMARTS) is 1. The smallest absolute Gasteiger partial charge is 0.407 e. The van der Waals surface area contributed by atoms with E-state index in [1.807, 2.05) is 0 Å². The number of amides is 2. The molecule has 0 aliphatic heterocycles. The van der Waals surface area contributed by atoms with Crippen molar-refractivity contribution >= 4 is 23.9 Å². The number of methoxy groups -OCH3 is 1. The second-order valence-electron chi connectivity index (χ2n) is 8.18. The van der Waals surface area contributed by atoms with Gasteiger partial charge in [0.15, 0.2) is 0 Å². The Kier molecular flexibility index (Phi) is 11.2. The molecule has 36 heavy (non-hydrogen) atoms. The summed E-state index contributed by atoms with van der Waals surface area (Å²) in [5.41, 5.74) is 1.23. The van der Waals surface area contributed by atoms with Crippen LogP contribution in [0.25, 0.3) is 0 Å². The summed E-state index contributed by atoms with van der Waals surface area (Å²) in [5, 5.41) is 13.4. The summed E-state index contributed by atoms with van der Waals surface area (Å²) >= 11 is 0. The summed E-state index contributed by atoms with van der Waals surface area (Å²) in [5.74, 6) is 2.72. The summed E-state index contributed by atoms with van der Waals surface area (Å²) in [7, 11) is 1.19. The third-order valence-electron chi connectivity index (χ3n) is 4.25. The molecule has 2 aromatic rings. The molecule has 9 heteroatoms. The molecule has 0 aliphatic rings. The molecular weight excluding hydrogens is 464 g/mol.